The highest BCUT2D eigenvalue weighted by Crippen LogP contribution is 2.38. The molecule has 1 fully saturated rings. The van der Waals surface area contributed by atoms with Crippen molar-refractivity contribution < 1.29 is 9.13 Å². The Bertz CT molecular complexity index is 1340. The van der Waals surface area contributed by atoms with Crippen LogP contribution in [0.2, 0.25) is 0 Å². The fourth-order valence-electron chi connectivity index (χ4n) is 4.02. The zero-order valence-corrected chi connectivity index (χ0v) is 14.7. The Morgan fingerprint density at radius 2 is 2.07 bits per heavy atom. The Morgan fingerprint density at radius 1 is 1.26 bits per heavy atom. The number of hydrogen-bond acceptors (Lipinski definition) is 3. The molecule has 2 aromatic heterocycles. The molecule has 0 radical (unpaired) electrons. The first-order chi connectivity index (χ1) is 13.1. The maximum Gasteiger partial charge on any atom is 0.199 e. The van der Waals surface area contributed by atoms with Crippen molar-refractivity contribution in [3.8, 4) is 11.8 Å². The minimum Gasteiger partial charge on any atom is -0.494 e. The van der Waals surface area contributed by atoms with Gasteiger partial charge in [-0.15, -0.1) is 0 Å². The highest BCUT2D eigenvalue weighted by molar-refractivity contribution is 6.10. The molecule has 0 aliphatic heterocycles. The Morgan fingerprint density at radius 3 is 2.74 bits per heavy atom. The van der Waals surface area contributed by atoms with Gasteiger partial charge in [-0.1, -0.05) is 6.07 Å². The van der Waals surface area contributed by atoms with Crippen LogP contribution in [0.3, 0.4) is 0 Å². The van der Waals surface area contributed by atoms with Gasteiger partial charge in [-0.2, -0.15) is 5.26 Å². The summed E-state index contributed by atoms with van der Waals surface area (Å²) in [6, 6.07) is 10.5. The Labute approximate surface area is 153 Å². The first-order valence-electron chi connectivity index (χ1n) is 8.89. The molecule has 1 saturated carbocycles. The van der Waals surface area contributed by atoms with E-state index in [1.54, 1.807) is 18.2 Å². The average Bonchev–Trinajstić information content (AvgIpc) is 3.01. The van der Waals surface area contributed by atoms with Crippen LogP contribution in [0.15, 0.2) is 35.1 Å². The molecule has 5 nitrogen and oxygen atoms in total. The number of fused-ring (bicyclic) bond motifs is 4. The summed E-state index contributed by atoms with van der Waals surface area (Å²) in [5.41, 5.74) is 2.35. The van der Waals surface area contributed by atoms with E-state index in [0.717, 1.165) is 30.2 Å². The van der Waals surface area contributed by atoms with Crippen molar-refractivity contribution in [1.82, 2.24) is 9.55 Å². The second kappa shape index (κ2) is 5.58. The summed E-state index contributed by atoms with van der Waals surface area (Å²) < 4.78 is 21.6. The number of benzene rings is 2. The van der Waals surface area contributed by atoms with E-state index >= 15 is 0 Å². The molecule has 4 aromatic rings. The van der Waals surface area contributed by atoms with Crippen molar-refractivity contribution in [2.75, 3.05) is 7.11 Å². The van der Waals surface area contributed by atoms with E-state index in [9.17, 15) is 14.4 Å². The van der Waals surface area contributed by atoms with E-state index in [4.69, 9.17) is 4.74 Å². The van der Waals surface area contributed by atoms with Crippen molar-refractivity contribution in [2.24, 2.45) is 0 Å². The number of hydrogen-bond donors (Lipinski definition) is 1. The largest absolute Gasteiger partial charge is 0.494 e. The fourth-order valence-corrected chi connectivity index (χ4v) is 4.02. The Balaban J connectivity index is 2.01. The summed E-state index contributed by atoms with van der Waals surface area (Å²) in [5, 5.41) is 11.0. The Hall–Kier alpha value is -3.33. The predicted molar refractivity (Wildman–Crippen MR) is 102 cm³/mol. The molecule has 0 spiro atoms. The zero-order valence-electron chi connectivity index (χ0n) is 14.7. The predicted octanol–water partition coefficient (Wildman–Crippen LogP) is 4.38. The van der Waals surface area contributed by atoms with Gasteiger partial charge < -0.3 is 14.3 Å². The second-order valence-electron chi connectivity index (χ2n) is 7.01. The molecule has 0 saturated heterocycles. The summed E-state index contributed by atoms with van der Waals surface area (Å²) in [6.07, 6.45) is 3.08. The molecule has 0 unspecified atom stereocenters. The normalized spacial score (nSPS) is 14.6. The molecule has 2 aromatic carbocycles. The van der Waals surface area contributed by atoms with Crippen LogP contribution in [0.5, 0.6) is 5.75 Å². The van der Waals surface area contributed by atoms with Crippen LogP contribution >= 0.6 is 0 Å². The number of aromatic amines is 1. The summed E-state index contributed by atoms with van der Waals surface area (Å²) in [6.45, 7) is 0. The van der Waals surface area contributed by atoms with Gasteiger partial charge in [0, 0.05) is 23.0 Å². The third-order valence-corrected chi connectivity index (χ3v) is 5.59. The lowest BCUT2D eigenvalue weighted by atomic mass is 9.92. The van der Waals surface area contributed by atoms with E-state index in [0.29, 0.717) is 27.5 Å². The minimum absolute atomic E-state index is 0.0608. The lowest BCUT2D eigenvalue weighted by Crippen LogP contribution is -2.21. The van der Waals surface area contributed by atoms with Gasteiger partial charge in [-0.05, 0) is 37.5 Å². The molecule has 5 rings (SSSR count). The quantitative estimate of drug-likeness (QED) is 0.576. The van der Waals surface area contributed by atoms with Crippen LogP contribution in [0, 0.1) is 17.1 Å². The second-order valence-corrected chi connectivity index (χ2v) is 7.01. The van der Waals surface area contributed by atoms with Crippen LogP contribution < -0.4 is 10.2 Å². The van der Waals surface area contributed by atoms with E-state index in [1.165, 1.54) is 19.2 Å². The fraction of sp³-hybridized carbons (Fsp3) is 0.238. The van der Waals surface area contributed by atoms with Crippen LogP contribution in [-0.4, -0.2) is 16.7 Å². The highest BCUT2D eigenvalue weighted by Gasteiger charge is 2.26. The number of halogens is 1. The topological polar surface area (TPSA) is 70.8 Å². The summed E-state index contributed by atoms with van der Waals surface area (Å²) in [5.74, 6) is -0.426. The van der Waals surface area contributed by atoms with Crippen molar-refractivity contribution in [3.63, 3.8) is 0 Å². The van der Waals surface area contributed by atoms with Crippen molar-refractivity contribution in [2.45, 2.75) is 25.3 Å². The number of nitriles is 1. The highest BCUT2D eigenvalue weighted by atomic mass is 19.1. The monoisotopic (exact) mass is 361 g/mol. The summed E-state index contributed by atoms with van der Waals surface area (Å²) >= 11 is 0. The van der Waals surface area contributed by atoms with Gasteiger partial charge in [0.2, 0.25) is 0 Å². The molecule has 2 heterocycles. The number of rotatable bonds is 2. The average molecular weight is 361 g/mol. The molecule has 0 amide bonds. The molecule has 0 bridgehead atoms. The third kappa shape index (κ3) is 2.12. The van der Waals surface area contributed by atoms with Crippen molar-refractivity contribution in [1.29, 1.82) is 5.26 Å². The zero-order chi connectivity index (χ0) is 18.7. The molecular weight excluding hydrogens is 345 g/mol. The maximum atomic E-state index is 14.4. The first kappa shape index (κ1) is 15.9. The molecule has 1 N–H and O–H groups in total. The van der Waals surface area contributed by atoms with Crippen molar-refractivity contribution in [3.05, 3.63) is 51.9 Å². The van der Waals surface area contributed by atoms with Gasteiger partial charge >= 0.3 is 0 Å². The molecule has 6 heteroatoms. The summed E-state index contributed by atoms with van der Waals surface area (Å²) in [7, 11) is 1.39. The lowest BCUT2D eigenvalue weighted by molar-refractivity contribution is 0.326. The Kier molecular flexibility index (Phi) is 3.28. The van der Waals surface area contributed by atoms with E-state index in [2.05, 4.69) is 11.1 Å². The smallest absolute Gasteiger partial charge is 0.199 e. The molecule has 1 aliphatic carbocycles. The van der Waals surface area contributed by atoms with E-state index in [-0.39, 0.29) is 17.2 Å². The minimum atomic E-state index is -0.486. The number of methoxy groups -OCH3 is 1. The number of nitrogens with zero attached hydrogens (tertiary/aromatic N) is 2. The number of ether oxygens (including phenoxy) is 1. The van der Waals surface area contributed by atoms with Gasteiger partial charge in [0.15, 0.2) is 17.0 Å². The first-order valence-corrected chi connectivity index (χ1v) is 8.89. The number of nitrogens with one attached hydrogen (secondary N) is 1. The maximum absolute atomic E-state index is 14.4. The number of H-pyrrole nitrogens is 1. The van der Waals surface area contributed by atoms with Crippen LogP contribution in [0.4, 0.5) is 4.39 Å². The van der Waals surface area contributed by atoms with Crippen LogP contribution in [0.25, 0.3) is 32.8 Å². The van der Waals surface area contributed by atoms with Crippen molar-refractivity contribution >= 4 is 32.8 Å². The van der Waals surface area contributed by atoms with E-state index in [1.807, 2.05) is 4.57 Å². The van der Waals surface area contributed by atoms with Gasteiger partial charge in [0.1, 0.15) is 5.65 Å². The molecule has 27 heavy (non-hydrogen) atoms. The molecule has 134 valence electrons. The molecular formula is C21H16FN3O2. The molecule has 1 aliphatic rings. The van der Waals surface area contributed by atoms with E-state index < -0.39 is 5.82 Å². The van der Waals surface area contributed by atoms with Gasteiger partial charge in [-0.25, -0.2) is 4.39 Å². The SMILES string of the molecule is COc1cc2c(=O)c3c4ccc(C#N)cc4[nH]c3n(C3CCC3)c2cc1F. The van der Waals surface area contributed by atoms with Gasteiger partial charge in [0.25, 0.3) is 0 Å². The van der Waals surface area contributed by atoms with Crippen LogP contribution in [-0.2, 0) is 0 Å². The lowest BCUT2D eigenvalue weighted by Gasteiger charge is -2.30. The summed E-state index contributed by atoms with van der Waals surface area (Å²) in [4.78, 5) is 16.6. The third-order valence-electron chi connectivity index (χ3n) is 5.59. The number of pyridine rings is 1. The standard InChI is InChI=1S/C21H16FN3O2/c1-27-18-8-14-17(9-15(18)22)25(12-3-2-4-12)21-19(20(14)26)13-6-5-11(10-23)7-16(13)24-21/h5-9,12,24H,2-4H2,1H3. The van der Waals surface area contributed by atoms with Gasteiger partial charge in [-0.3, -0.25) is 4.79 Å². The molecule has 0 atom stereocenters. The number of aromatic nitrogens is 2. The van der Waals surface area contributed by atoms with Gasteiger partial charge in [0.05, 0.1) is 35.0 Å². The van der Waals surface area contributed by atoms with Crippen LogP contribution in [0.1, 0.15) is 30.9 Å².